The number of nitrogens with zero attached hydrogens (tertiary/aromatic N) is 3. The normalized spacial score (nSPS) is 15.9. The van der Waals surface area contributed by atoms with Gasteiger partial charge < -0.3 is 14.7 Å². The number of rotatable bonds is 5. The van der Waals surface area contributed by atoms with Crippen LogP contribution < -0.4 is 5.32 Å². The van der Waals surface area contributed by atoms with Crippen molar-refractivity contribution in [3.63, 3.8) is 0 Å². The summed E-state index contributed by atoms with van der Waals surface area (Å²) in [6.45, 7) is 6.70. The molecule has 1 aliphatic heterocycles. The van der Waals surface area contributed by atoms with Crippen molar-refractivity contribution in [2.75, 3.05) is 0 Å². The highest BCUT2D eigenvalue weighted by Gasteiger charge is 2.34. The van der Waals surface area contributed by atoms with Crippen LogP contribution in [0.2, 0.25) is 0 Å². The van der Waals surface area contributed by atoms with E-state index < -0.39 is 0 Å². The number of aryl methyl sites for hydroxylation is 2. The van der Waals surface area contributed by atoms with Crippen LogP contribution in [-0.2, 0) is 6.54 Å². The number of hydrogen-bond donors (Lipinski definition) is 1. The highest BCUT2D eigenvalue weighted by Crippen LogP contribution is 2.38. The minimum absolute atomic E-state index is 0.296. The second-order valence-electron chi connectivity index (χ2n) is 8.80. The summed E-state index contributed by atoms with van der Waals surface area (Å²) in [6.07, 6.45) is 0. The lowest BCUT2D eigenvalue weighted by atomic mass is 9.94. The fourth-order valence-corrected chi connectivity index (χ4v) is 4.62. The third-order valence-electron chi connectivity index (χ3n) is 6.19. The smallest absolute Gasteiger partial charge is 0.258 e. The first kappa shape index (κ1) is 22.9. The second-order valence-corrected chi connectivity index (χ2v) is 9.18. The molecule has 5 nitrogen and oxygen atoms in total. The van der Waals surface area contributed by atoms with E-state index in [1.165, 1.54) is 17.7 Å². The van der Waals surface area contributed by atoms with E-state index in [1.54, 1.807) is 12.1 Å². The molecule has 0 aliphatic carbocycles. The summed E-state index contributed by atoms with van der Waals surface area (Å²) in [5.74, 6) is 0.614. The Balaban J connectivity index is 1.59. The summed E-state index contributed by atoms with van der Waals surface area (Å²) in [7, 11) is 0. The van der Waals surface area contributed by atoms with Crippen LogP contribution in [-0.4, -0.2) is 20.2 Å². The molecule has 3 aromatic carbocycles. The molecule has 0 bridgehead atoms. The molecule has 5 rings (SSSR count). The third kappa shape index (κ3) is 4.72. The van der Waals surface area contributed by atoms with Gasteiger partial charge in [-0.05, 0) is 56.2 Å². The summed E-state index contributed by atoms with van der Waals surface area (Å²) in [4.78, 5) is 6.78. The molecule has 0 radical (unpaired) electrons. The van der Waals surface area contributed by atoms with Crippen LogP contribution in [0, 0.1) is 19.7 Å². The third-order valence-corrected chi connectivity index (χ3v) is 6.53. The predicted molar refractivity (Wildman–Crippen MR) is 139 cm³/mol. The van der Waals surface area contributed by atoms with E-state index >= 15 is 0 Å². The molecule has 0 saturated carbocycles. The molecule has 1 aliphatic rings. The lowest BCUT2D eigenvalue weighted by Crippen LogP contribution is -2.45. The maximum absolute atomic E-state index is 13.7. The Morgan fingerprint density at radius 1 is 0.971 bits per heavy atom. The monoisotopic (exact) mass is 484 g/mol. The summed E-state index contributed by atoms with van der Waals surface area (Å²) < 4.78 is 19.5. The van der Waals surface area contributed by atoms with Crippen molar-refractivity contribution in [1.82, 2.24) is 20.4 Å². The van der Waals surface area contributed by atoms with Crippen LogP contribution in [0.4, 0.5) is 4.39 Å². The zero-order valence-electron chi connectivity index (χ0n) is 19.7. The van der Waals surface area contributed by atoms with E-state index in [-0.39, 0.29) is 11.9 Å². The minimum atomic E-state index is -0.358. The maximum Gasteiger partial charge on any atom is 0.258 e. The summed E-state index contributed by atoms with van der Waals surface area (Å²) >= 11 is 5.78. The zero-order valence-corrected chi connectivity index (χ0v) is 20.6. The van der Waals surface area contributed by atoms with Crippen molar-refractivity contribution in [3.8, 4) is 11.4 Å². The standard InChI is InChI=1S/C28H25FN4OS/c1-17-7-9-22(10-8-17)26-31-27(34-32-26)24-19(3)33(16-20-6-4-5-18(2)15-20)28(35)30-25(24)21-11-13-23(29)14-12-21/h4-15,25H,16H2,1-3H3,(H,30,35). The van der Waals surface area contributed by atoms with Crippen LogP contribution in [0.1, 0.15) is 41.1 Å². The van der Waals surface area contributed by atoms with Gasteiger partial charge in [0.15, 0.2) is 5.11 Å². The number of nitrogens with one attached hydrogen (secondary N) is 1. The summed E-state index contributed by atoms with van der Waals surface area (Å²) in [5, 5.41) is 8.25. The van der Waals surface area contributed by atoms with Crippen molar-refractivity contribution in [1.29, 1.82) is 0 Å². The topological polar surface area (TPSA) is 54.2 Å². The molecule has 35 heavy (non-hydrogen) atoms. The lowest BCUT2D eigenvalue weighted by molar-refractivity contribution is 0.396. The van der Waals surface area contributed by atoms with Gasteiger partial charge in [0.05, 0.1) is 11.6 Å². The molecule has 1 N–H and O–H groups in total. The summed E-state index contributed by atoms with van der Waals surface area (Å²) in [6, 6.07) is 22.3. The Hall–Kier alpha value is -3.84. The molecule has 0 fully saturated rings. The van der Waals surface area contributed by atoms with Gasteiger partial charge in [-0.2, -0.15) is 4.98 Å². The fourth-order valence-electron chi connectivity index (χ4n) is 4.30. The van der Waals surface area contributed by atoms with E-state index in [0.717, 1.165) is 33.5 Å². The van der Waals surface area contributed by atoms with Gasteiger partial charge in [-0.1, -0.05) is 76.9 Å². The molecule has 0 spiro atoms. The quantitative estimate of drug-likeness (QED) is 0.333. The molecule has 1 atom stereocenters. The van der Waals surface area contributed by atoms with Crippen LogP contribution in [0.25, 0.3) is 17.0 Å². The summed E-state index contributed by atoms with van der Waals surface area (Å²) in [5.41, 5.74) is 6.92. The average molecular weight is 485 g/mol. The number of aromatic nitrogens is 2. The van der Waals surface area contributed by atoms with Crippen molar-refractivity contribution in [2.45, 2.75) is 33.4 Å². The Morgan fingerprint density at radius 2 is 1.71 bits per heavy atom. The van der Waals surface area contributed by atoms with Gasteiger partial charge in [-0.25, -0.2) is 4.39 Å². The van der Waals surface area contributed by atoms with E-state index in [4.69, 9.17) is 21.7 Å². The molecule has 2 heterocycles. The number of allylic oxidation sites excluding steroid dienone is 1. The largest absolute Gasteiger partial charge is 0.351 e. The minimum Gasteiger partial charge on any atom is -0.351 e. The molecule has 4 aromatic rings. The Morgan fingerprint density at radius 3 is 2.43 bits per heavy atom. The molecular formula is C28H25FN4OS. The molecule has 7 heteroatoms. The molecule has 1 aromatic heterocycles. The maximum atomic E-state index is 13.7. The van der Waals surface area contributed by atoms with Gasteiger partial charge >= 0.3 is 0 Å². The lowest BCUT2D eigenvalue weighted by Gasteiger charge is -2.37. The van der Waals surface area contributed by atoms with Crippen LogP contribution in [0.15, 0.2) is 83.0 Å². The molecule has 0 amide bonds. The van der Waals surface area contributed by atoms with E-state index in [2.05, 4.69) is 35.6 Å². The van der Waals surface area contributed by atoms with Gasteiger partial charge in [-0.15, -0.1) is 0 Å². The van der Waals surface area contributed by atoms with Crippen molar-refractivity contribution in [3.05, 3.63) is 112 Å². The molecule has 0 saturated heterocycles. The van der Waals surface area contributed by atoms with E-state index in [9.17, 15) is 4.39 Å². The zero-order chi connectivity index (χ0) is 24.5. The molecule has 176 valence electrons. The van der Waals surface area contributed by atoms with Crippen LogP contribution in [0.5, 0.6) is 0 Å². The first-order valence-electron chi connectivity index (χ1n) is 11.4. The van der Waals surface area contributed by atoms with Crippen molar-refractivity contribution in [2.24, 2.45) is 0 Å². The number of halogens is 1. The van der Waals surface area contributed by atoms with Crippen molar-refractivity contribution >= 4 is 22.9 Å². The van der Waals surface area contributed by atoms with Crippen molar-refractivity contribution < 1.29 is 8.91 Å². The van der Waals surface area contributed by atoms with Gasteiger partial charge in [0.1, 0.15) is 5.82 Å². The van der Waals surface area contributed by atoms with Gasteiger partial charge in [0.2, 0.25) is 5.82 Å². The van der Waals surface area contributed by atoms with Crippen LogP contribution in [0.3, 0.4) is 0 Å². The van der Waals surface area contributed by atoms with Gasteiger partial charge in [-0.3, -0.25) is 0 Å². The highest BCUT2D eigenvalue weighted by molar-refractivity contribution is 7.80. The first-order chi connectivity index (χ1) is 16.9. The predicted octanol–water partition coefficient (Wildman–Crippen LogP) is 6.36. The Kier molecular flexibility index (Phi) is 6.17. The molecule has 1 unspecified atom stereocenters. The molecular weight excluding hydrogens is 459 g/mol. The SMILES string of the molecule is CC1=C(c2nc(-c3ccc(C)cc3)no2)C(c2ccc(F)cc2)NC(=S)N1Cc1cccc(C)c1. The average Bonchev–Trinajstić information content (AvgIpc) is 3.32. The van der Waals surface area contributed by atoms with E-state index in [1.807, 2.05) is 49.1 Å². The number of thiocarbonyl (C=S) groups is 1. The number of hydrogen-bond acceptors (Lipinski definition) is 4. The van der Waals surface area contributed by atoms with Crippen LogP contribution >= 0.6 is 12.2 Å². The Labute approximate surface area is 209 Å². The first-order valence-corrected chi connectivity index (χ1v) is 11.8. The second kappa shape index (κ2) is 9.43. The number of benzene rings is 3. The fraction of sp³-hybridized carbons (Fsp3) is 0.179. The van der Waals surface area contributed by atoms with Gasteiger partial charge in [0.25, 0.3) is 5.89 Å². The highest BCUT2D eigenvalue weighted by atomic mass is 32.1. The Bertz CT molecular complexity index is 1410. The van der Waals surface area contributed by atoms with E-state index in [0.29, 0.717) is 23.4 Å². The van der Waals surface area contributed by atoms with Gasteiger partial charge in [0, 0.05) is 17.8 Å².